The first kappa shape index (κ1) is 8.64. The third-order valence-electron chi connectivity index (χ3n) is 1.75. The predicted octanol–water partition coefficient (Wildman–Crippen LogP) is 0.302. The van der Waals surface area contributed by atoms with Gasteiger partial charge >= 0.3 is 5.97 Å². The summed E-state index contributed by atoms with van der Waals surface area (Å²) in [6.45, 7) is 4.11. The summed E-state index contributed by atoms with van der Waals surface area (Å²) in [4.78, 5) is 14.1. The maximum absolute atomic E-state index is 10.7. The maximum Gasteiger partial charge on any atom is 0.347 e. The van der Waals surface area contributed by atoms with Gasteiger partial charge < -0.3 is 14.9 Å². The number of likely N-dealkylation sites (N-methyl/N-ethyl adjacent to an activating group) is 1. The second-order valence-corrected chi connectivity index (χ2v) is 2.66. The van der Waals surface area contributed by atoms with E-state index >= 15 is 0 Å². The van der Waals surface area contributed by atoms with Crippen molar-refractivity contribution in [2.24, 2.45) is 0 Å². The standard InChI is InChI=1S/C8H12N2O2/c1-3-4-10-6-5-9(2)7(10)8(11)12/h3,5-7H,1,4H2,2H3,(H,11,12). The van der Waals surface area contributed by atoms with Crippen molar-refractivity contribution in [2.75, 3.05) is 13.6 Å². The Bertz CT molecular complexity index is 225. The van der Waals surface area contributed by atoms with Gasteiger partial charge in [0.15, 0.2) is 0 Å². The van der Waals surface area contributed by atoms with Crippen LogP contribution < -0.4 is 0 Å². The number of carboxylic acids is 1. The number of rotatable bonds is 3. The number of hydrogen-bond acceptors (Lipinski definition) is 3. The Hall–Kier alpha value is -1.45. The average molecular weight is 168 g/mol. The second kappa shape index (κ2) is 3.30. The molecule has 1 N–H and O–H groups in total. The Kier molecular flexibility index (Phi) is 2.38. The Balaban J connectivity index is 2.68. The van der Waals surface area contributed by atoms with Gasteiger partial charge in [0.1, 0.15) is 0 Å². The lowest BCUT2D eigenvalue weighted by molar-refractivity contribution is -0.145. The van der Waals surface area contributed by atoms with Crippen molar-refractivity contribution >= 4 is 5.97 Å². The first-order valence-corrected chi connectivity index (χ1v) is 3.66. The second-order valence-electron chi connectivity index (χ2n) is 2.66. The predicted molar refractivity (Wildman–Crippen MR) is 45.2 cm³/mol. The molecular formula is C8H12N2O2. The highest BCUT2D eigenvalue weighted by molar-refractivity contribution is 5.73. The Morgan fingerprint density at radius 1 is 1.75 bits per heavy atom. The Morgan fingerprint density at radius 2 is 2.42 bits per heavy atom. The summed E-state index contributed by atoms with van der Waals surface area (Å²) in [5, 5.41) is 8.82. The molecule has 12 heavy (non-hydrogen) atoms. The fourth-order valence-corrected chi connectivity index (χ4v) is 1.21. The molecule has 1 heterocycles. The Labute approximate surface area is 71.4 Å². The monoisotopic (exact) mass is 168 g/mol. The van der Waals surface area contributed by atoms with Gasteiger partial charge in [-0.15, -0.1) is 6.58 Å². The van der Waals surface area contributed by atoms with Crippen LogP contribution in [-0.2, 0) is 4.79 Å². The van der Waals surface area contributed by atoms with Gasteiger partial charge in [0.05, 0.1) is 0 Å². The molecule has 0 aromatic carbocycles. The Morgan fingerprint density at radius 3 is 2.92 bits per heavy atom. The van der Waals surface area contributed by atoms with Gasteiger partial charge in [-0.2, -0.15) is 0 Å². The van der Waals surface area contributed by atoms with Crippen LogP contribution in [0.2, 0.25) is 0 Å². The molecule has 0 saturated heterocycles. The largest absolute Gasteiger partial charge is 0.478 e. The highest BCUT2D eigenvalue weighted by Gasteiger charge is 2.29. The molecule has 0 spiro atoms. The maximum atomic E-state index is 10.7. The van der Waals surface area contributed by atoms with Gasteiger partial charge in [-0.25, -0.2) is 4.79 Å². The minimum Gasteiger partial charge on any atom is -0.478 e. The zero-order valence-electron chi connectivity index (χ0n) is 6.97. The van der Waals surface area contributed by atoms with Crippen molar-refractivity contribution in [1.82, 2.24) is 9.80 Å². The van der Waals surface area contributed by atoms with Crippen LogP contribution in [0.25, 0.3) is 0 Å². The fourth-order valence-electron chi connectivity index (χ4n) is 1.21. The van der Waals surface area contributed by atoms with Crippen molar-refractivity contribution in [3.8, 4) is 0 Å². The zero-order valence-corrected chi connectivity index (χ0v) is 6.97. The van der Waals surface area contributed by atoms with E-state index < -0.39 is 12.1 Å². The molecule has 0 saturated carbocycles. The van der Waals surface area contributed by atoms with Crippen LogP contribution in [0.4, 0.5) is 0 Å². The minimum atomic E-state index is -0.843. The third-order valence-corrected chi connectivity index (χ3v) is 1.75. The molecular weight excluding hydrogens is 156 g/mol. The molecule has 1 aliphatic heterocycles. The summed E-state index contributed by atoms with van der Waals surface area (Å²) >= 11 is 0. The topological polar surface area (TPSA) is 43.8 Å². The van der Waals surface area contributed by atoms with E-state index in [2.05, 4.69) is 6.58 Å². The number of aliphatic carboxylic acids is 1. The summed E-state index contributed by atoms with van der Waals surface area (Å²) in [5.41, 5.74) is 0. The molecule has 66 valence electrons. The van der Waals surface area contributed by atoms with E-state index in [0.717, 1.165) is 0 Å². The lowest BCUT2D eigenvalue weighted by Gasteiger charge is -2.25. The molecule has 1 unspecified atom stereocenters. The number of hydrogen-bond donors (Lipinski definition) is 1. The van der Waals surface area contributed by atoms with E-state index in [1.54, 1.807) is 35.3 Å². The SMILES string of the molecule is C=CCN1C=CN(C)C1C(=O)O. The van der Waals surface area contributed by atoms with Crippen LogP contribution in [0.15, 0.2) is 25.1 Å². The zero-order chi connectivity index (χ0) is 9.14. The highest BCUT2D eigenvalue weighted by atomic mass is 16.4. The van der Waals surface area contributed by atoms with Crippen LogP contribution in [0.1, 0.15) is 0 Å². The summed E-state index contributed by atoms with van der Waals surface area (Å²) in [7, 11) is 1.73. The van der Waals surface area contributed by atoms with Gasteiger partial charge in [-0.05, 0) is 0 Å². The van der Waals surface area contributed by atoms with Gasteiger partial charge in [0.2, 0.25) is 6.17 Å². The molecule has 1 aliphatic rings. The van der Waals surface area contributed by atoms with E-state index in [9.17, 15) is 4.79 Å². The molecule has 0 bridgehead atoms. The van der Waals surface area contributed by atoms with E-state index in [-0.39, 0.29) is 0 Å². The quantitative estimate of drug-likeness (QED) is 0.616. The van der Waals surface area contributed by atoms with Gasteiger partial charge in [0.25, 0.3) is 0 Å². The van der Waals surface area contributed by atoms with Crippen molar-refractivity contribution in [3.63, 3.8) is 0 Å². The lowest BCUT2D eigenvalue weighted by atomic mass is 10.4. The van der Waals surface area contributed by atoms with Gasteiger partial charge in [-0.3, -0.25) is 0 Å². The van der Waals surface area contributed by atoms with Gasteiger partial charge in [0, 0.05) is 26.0 Å². The fraction of sp³-hybridized carbons (Fsp3) is 0.375. The third kappa shape index (κ3) is 1.42. The van der Waals surface area contributed by atoms with Gasteiger partial charge in [-0.1, -0.05) is 6.08 Å². The van der Waals surface area contributed by atoms with E-state index in [4.69, 9.17) is 5.11 Å². The summed E-state index contributed by atoms with van der Waals surface area (Å²) in [6.07, 6.45) is 4.59. The molecule has 0 radical (unpaired) electrons. The molecule has 1 atom stereocenters. The van der Waals surface area contributed by atoms with E-state index in [0.29, 0.717) is 6.54 Å². The minimum absolute atomic E-state index is 0.553. The van der Waals surface area contributed by atoms with Crippen LogP contribution >= 0.6 is 0 Å². The summed E-state index contributed by atoms with van der Waals surface area (Å²) in [5.74, 6) is -0.843. The van der Waals surface area contributed by atoms with Crippen LogP contribution in [-0.4, -0.2) is 40.6 Å². The van der Waals surface area contributed by atoms with E-state index in [1.807, 2.05) is 0 Å². The number of carbonyl (C=O) groups is 1. The highest BCUT2D eigenvalue weighted by Crippen LogP contribution is 2.13. The smallest absolute Gasteiger partial charge is 0.347 e. The lowest BCUT2D eigenvalue weighted by Crippen LogP contribution is -2.43. The summed E-state index contributed by atoms with van der Waals surface area (Å²) in [6, 6.07) is 0. The molecule has 1 rings (SSSR count). The molecule has 4 heteroatoms. The van der Waals surface area contributed by atoms with Crippen LogP contribution in [0, 0.1) is 0 Å². The van der Waals surface area contributed by atoms with Crippen LogP contribution in [0.3, 0.4) is 0 Å². The molecule has 4 nitrogen and oxygen atoms in total. The van der Waals surface area contributed by atoms with Crippen molar-refractivity contribution in [3.05, 3.63) is 25.1 Å². The molecule has 0 aromatic rings. The van der Waals surface area contributed by atoms with Crippen molar-refractivity contribution in [2.45, 2.75) is 6.17 Å². The molecule has 0 aliphatic carbocycles. The van der Waals surface area contributed by atoms with Crippen molar-refractivity contribution in [1.29, 1.82) is 0 Å². The first-order valence-electron chi connectivity index (χ1n) is 3.66. The molecule has 0 fully saturated rings. The van der Waals surface area contributed by atoms with E-state index in [1.165, 1.54) is 0 Å². The number of nitrogens with zero attached hydrogens (tertiary/aromatic N) is 2. The molecule has 0 amide bonds. The number of carboxylic acid groups (broad SMARTS) is 1. The summed E-state index contributed by atoms with van der Waals surface area (Å²) < 4.78 is 0. The average Bonchev–Trinajstić information content (AvgIpc) is 2.32. The van der Waals surface area contributed by atoms with Crippen LogP contribution in [0.5, 0.6) is 0 Å². The first-order chi connectivity index (χ1) is 5.66. The normalized spacial score (nSPS) is 21.6. The van der Waals surface area contributed by atoms with Crippen molar-refractivity contribution < 1.29 is 9.90 Å². The molecule has 0 aromatic heterocycles.